The molecule has 1 fully saturated rings. The number of rotatable bonds is 2. The Labute approximate surface area is 172 Å². The molecule has 1 saturated heterocycles. The quantitative estimate of drug-likeness (QED) is 0.764. The van der Waals surface area contributed by atoms with Crippen molar-refractivity contribution in [2.75, 3.05) is 35.2 Å². The predicted octanol–water partition coefficient (Wildman–Crippen LogP) is 3.95. The molecule has 0 radical (unpaired) electrons. The molecule has 7 heteroatoms. The normalized spacial score (nSPS) is 18.3. The number of halogens is 2. The number of benzene rings is 1. The second kappa shape index (κ2) is 8.81. The number of nitrogen functional groups attached to an aromatic ring is 1. The molecular formula is C20H26Cl2N4O. The second-order valence-electron chi connectivity index (χ2n) is 7.15. The van der Waals surface area contributed by atoms with E-state index in [9.17, 15) is 4.79 Å². The lowest BCUT2D eigenvalue weighted by molar-refractivity contribution is 0.0985. The molecule has 4 rings (SSSR count). The van der Waals surface area contributed by atoms with Gasteiger partial charge >= 0.3 is 0 Å². The Hall–Kier alpha value is -1.98. The average molecular weight is 409 g/mol. The summed E-state index contributed by atoms with van der Waals surface area (Å²) in [4.78, 5) is 21.8. The Bertz CT molecular complexity index is 814. The third-order valence-electron chi connectivity index (χ3n) is 5.27. The highest BCUT2D eigenvalue weighted by Gasteiger charge is 2.26. The van der Waals surface area contributed by atoms with E-state index in [0.29, 0.717) is 11.5 Å². The monoisotopic (exact) mass is 408 g/mol. The zero-order valence-electron chi connectivity index (χ0n) is 15.4. The summed E-state index contributed by atoms with van der Waals surface area (Å²) < 4.78 is 0. The molecule has 5 nitrogen and oxygen atoms in total. The Balaban J connectivity index is 0.00000131. The van der Waals surface area contributed by atoms with E-state index < -0.39 is 0 Å². The van der Waals surface area contributed by atoms with Gasteiger partial charge in [-0.1, -0.05) is 13.0 Å². The number of anilines is 3. The topological polar surface area (TPSA) is 62.5 Å². The number of hydrogen-bond acceptors (Lipinski definition) is 4. The number of hydrogen-bond donors (Lipinski definition) is 1. The van der Waals surface area contributed by atoms with Crippen LogP contribution < -0.4 is 15.5 Å². The largest absolute Gasteiger partial charge is 0.398 e. The van der Waals surface area contributed by atoms with Crippen molar-refractivity contribution in [1.29, 1.82) is 0 Å². The molecule has 1 aromatic carbocycles. The molecule has 0 spiro atoms. The fourth-order valence-electron chi connectivity index (χ4n) is 3.89. The lowest BCUT2D eigenvalue weighted by Crippen LogP contribution is -2.36. The highest BCUT2D eigenvalue weighted by Crippen LogP contribution is 2.32. The van der Waals surface area contributed by atoms with Gasteiger partial charge in [-0.25, -0.2) is 4.98 Å². The van der Waals surface area contributed by atoms with Crippen LogP contribution >= 0.6 is 24.8 Å². The number of pyridine rings is 1. The number of amides is 1. The van der Waals surface area contributed by atoms with E-state index in [4.69, 9.17) is 5.73 Å². The van der Waals surface area contributed by atoms with E-state index in [1.807, 2.05) is 35.2 Å². The van der Waals surface area contributed by atoms with Crippen molar-refractivity contribution in [1.82, 2.24) is 4.98 Å². The molecule has 1 aromatic heterocycles. The summed E-state index contributed by atoms with van der Waals surface area (Å²) >= 11 is 0. The van der Waals surface area contributed by atoms with Crippen molar-refractivity contribution in [3.8, 4) is 0 Å². The van der Waals surface area contributed by atoms with E-state index in [0.717, 1.165) is 55.2 Å². The minimum absolute atomic E-state index is 0. The minimum Gasteiger partial charge on any atom is -0.398 e. The lowest BCUT2D eigenvalue weighted by Gasteiger charge is -2.30. The molecular weight excluding hydrogens is 383 g/mol. The van der Waals surface area contributed by atoms with Crippen LogP contribution in [0.2, 0.25) is 0 Å². The highest BCUT2D eigenvalue weighted by atomic mass is 35.5. The molecule has 0 bridgehead atoms. The maximum Gasteiger partial charge on any atom is 0.258 e. The Morgan fingerprint density at radius 1 is 1.22 bits per heavy atom. The van der Waals surface area contributed by atoms with Crippen molar-refractivity contribution < 1.29 is 4.79 Å². The SMILES string of the molecule is CC1CCN(c2cc(C(=O)N3CCCc4c(N)cccc43)ccn2)C1.Cl.Cl. The zero-order valence-corrected chi connectivity index (χ0v) is 17.1. The smallest absolute Gasteiger partial charge is 0.258 e. The summed E-state index contributed by atoms with van der Waals surface area (Å²) in [6.07, 6.45) is 4.79. The van der Waals surface area contributed by atoms with Crippen molar-refractivity contribution in [2.45, 2.75) is 26.2 Å². The molecule has 2 aliphatic rings. The van der Waals surface area contributed by atoms with E-state index >= 15 is 0 Å². The number of aromatic nitrogens is 1. The number of nitrogens with zero attached hydrogens (tertiary/aromatic N) is 3. The molecule has 0 aliphatic carbocycles. The van der Waals surface area contributed by atoms with E-state index in [-0.39, 0.29) is 30.7 Å². The van der Waals surface area contributed by atoms with Crippen LogP contribution in [-0.2, 0) is 6.42 Å². The van der Waals surface area contributed by atoms with Crippen LogP contribution in [0.15, 0.2) is 36.5 Å². The molecule has 27 heavy (non-hydrogen) atoms. The third-order valence-corrected chi connectivity index (χ3v) is 5.27. The van der Waals surface area contributed by atoms with E-state index in [1.54, 1.807) is 6.20 Å². The highest BCUT2D eigenvalue weighted by molar-refractivity contribution is 6.07. The van der Waals surface area contributed by atoms with Gasteiger partial charge in [0.05, 0.1) is 0 Å². The van der Waals surface area contributed by atoms with Crippen LogP contribution in [0, 0.1) is 5.92 Å². The van der Waals surface area contributed by atoms with Gasteiger partial charge in [-0.3, -0.25) is 4.79 Å². The molecule has 2 aromatic rings. The van der Waals surface area contributed by atoms with Crippen LogP contribution in [0.5, 0.6) is 0 Å². The molecule has 0 saturated carbocycles. The van der Waals surface area contributed by atoms with Gasteiger partial charge < -0.3 is 15.5 Å². The lowest BCUT2D eigenvalue weighted by atomic mass is 9.99. The summed E-state index contributed by atoms with van der Waals surface area (Å²) in [6, 6.07) is 9.56. The van der Waals surface area contributed by atoms with Crippen molar-refractivity contribution in [3.63, 3.8) is 0 Å². The maximum absolute atomic E-state index is 13.1. The molecule has 1 unspecified atom stereocenters. The van der Waals surface area contributed by atoms with Gasteiger partial charge in [0, 0.05) is 42.8 Å². The maximum atomic E-state index is 13.1. The molecule has 146 valence electrons. The minimum atomic E-state index is 0. The molecule has 1 atom stereocenters. The van der Waals surface area contributed by atoms with Crippen LogP contribution in [0.3, 0.4) is 0 Å². The number of nitrogens with two attached hydrogens (primary N) is 1. The first-order valence-electron chi connectivity index (χ1n) is 9.03. The summed E-state index contributed by atoms with van der Waals surface area (Å²) in [7, 11) is 0. The van der Waals surface area contributed by atoms with Gasteiger partial charge in [0.25, 0.3) is 5.91 Å². The second-order valence-corrected chi connectivity index (χ2v) is 7.15. The van der Waals surface area contributed by atoms with E-state index in [2.05, 4.69) is 16.8 Å². The van der Waals surface area contributed by atoms with Crippen molar-refractivity contribution in [3.05, 3.63) is 47.7 Å². The van der Waals surface area contributed by atoms with Gasteiger partial charge in [-0.2, -0.15) is 0 Å². The number of fused-ring (bicyclic) bond motifs is 1. The van der Waals surface area contributed by atoms with E-state index in [1.165, 1.54) is 6.42 Å². The Morgan fingerprint density at radius 3 is 2.78 bits per heavy atom. The molecule has 3 heterocycles. The fraction of sp³-hybridized carbons (Fsp3) is 0.400. The van der Waals surface area contributed by atoms with Crippen LogP contribution in [0.1, 0.15) is 35.7 Å². The van der Waals surface area contributed by atoms with Crippen LogP contribution in [0.25, 0.3) is 0 Å². The zero-order chi connectivity index (χ0) is 17.4. The first-order valence-corrected chi connectivity index (χ1v) is 9.03. The van der Waals surface area contributed by atoms with Gasteiger partial charge in [0.1, 0.15) is 5.82 Å². The molecule has 2 aliphatic heterocycles. The summed E-state index contributed by atoms with van der Waals surface area (Å²) in [5.74, 6) is 1.61. The first kappa shape index (κ1) is 21.3. The number of carbonyl (C=O) groups is 1. The van der Waals surface area contributed by atoms with Gasteiger partial charge in [0.15, 0.2) is 0 Å². The molecule has 2 N–H and O–H groups in total. The molecule has 1 amide bonds. The average Bonchev–Trinajstić information content (AvgIpc) is 3.08. The third kappa shape index (κ3) is 4.14. The Morgan fingerprint density at radius 2 is 2.04 bits per heavy atom. The van der Waals surface area contributed by atoms with Gasteiger partial charge in [-0.05, 0) is 55.0 Å². The van der Waals surface area contributed by atoms with Crippen molar-refractivity contribution in [2.24, 2.45) is 5.92 Å². The van der Waals surface area contributed by atoms with Crippen LogP contribution in [0.4, 0.5) is 17.2 Å². The summed E-state index contributed by atoms with van der Waals surface area (Å²) in [5, 5.41) is 0. The Kier molecular flexibility index (Phi) is 6.95. The summed E-state index contributed by atoms with van der Waals surface area (Å²) in [6.45, 7) is 5.00. The number of carbonyl (C=O) groups excluding carboxylic acids is 1. The van der Waals surface area contributed by atoms with Crippen molar-refractivity contribution >= 4 is 47.9 Å². The predicted molar refractivity (Wildman–Crippen MR) is 116 cm³/mol. The van der Waals surface area contributed by atoms with Gasteiger partial charge in [-0.15, -0.1) is 24.8 Å². The standard InChI is InChI=1S/C20H24N4O.2ClH/c1-14-8-11-23(13-14)19-12-15(7-9-22-19)20(25)24-10-3-4-16-17(21)5-2-6-18(16)24;;/h2,5-7,9,12,14H,3-4,8,10-11,13,21H2,1H3;2*1H. The van der Waals surface area contributed by atoms with Crippen LogP contribution in [-0.4, -0.2) is 30.5 Å². The van der Waals surface area contributed by atoms with Gasteiger partial charge in [0.2, 0.25) is 0 Å². The summed E-state index contributed by atoms with van der Waals surface area (Å²) in [5.41, 5.74) is 9.61. The first-order chi connectivity index (χ1) is 12.1. The fourth-order valence-corrected chi connectivity index (χ4v) is 3.89.